The van der Waals surface area contributed by atoms with Gasteiger partial charge in [0.05, 0.1) is 22.6 Å². The number of halogens is 4. The molecule has 6 N–H and O–H groups in total. The van der Waals surface area contributed by atoms with E-state index >= 15 is 0 Å². The number of pyridine rings is 1. The van der Waals surface area contributed by atoms with E-state index in [1.165, 1.54) is 6.92 Å². The molecule has 0 unspecified atom stereocenters. The van der Waals surface area contributed by atoms with Crippen LogP contribution in [0.3, 0.4) is 0 Å². The van der Waals surface area contributed by atoms with E-state index in [0.29, 0.717) is 17.3 Å². The van der Waals surface area contributed by atoms with Crippen LogP contribution < -0.4 is 27.6 Å². The molecule has 2 heterocycles. The van der Waals surface area contributed by atoms with Crippen molar-refractivity contribution in [3.8, 4) is 0 Å². The number of rotatable bonds is 3. The van der Waals surface area contributed by atoms with Crippen molar-refractivity contribution in [1.29, 1.82) is 0 Å². The first-order valence-corrected chi connectivity index (χ1v) is 7.18. The lowest BCUT2D eigenvalue weighted by Gasteiger charge is -2.24. The summed E-state index contributed by atoms with van der Waals surface area (Å²) in [5.74, 6) is 7.61. The van der Waals surface area contributed by atoms with Gasteiger partial charge in [-0.05, 0) is 13.0 Å². The van der Waals surface area contributed by atoms with E-state index in [1.807, 2.05) is 5.43 Å². The number of hydroxylamine groups is 1. The zero-order valence-corrected chi connectivity index (χ0v) is 13.4. The second-order valence-corrected chi connectivity index (χ2v) is 5.60. The number of alkyl halides is 3. The number of amides is 2. The van der Waals surface area contributed by atoms with Gasteiger partial charge in [0.1, 0.15) is 6.04 Å². The van der Waals surface area contributed by atoms with E-state index < -0.39 is 52.5 Å². The summed E-state index contributed by atoms with van der Waals surface area (Å²) < 4.78 is 37.9. The quantitative estimate of drug-likeness (QED) is 0.324. The highest BCUT2D eigenvalue weighted by Gasteiger charge is 2.46. The van der Waals surface area contributed by atoms with Gasteiger partial charge in [-0.25, -0.2) is 21.7 Å². The molecular formula is C12H14ClF3N6O3. The first kappa shape index (κ1) is 19.3. The van der Waals surface area contributed by atoms with Gasteiger partial charge in [0, 0.05) is 6.20 Å². The SMILES string of the molecule is C[C@@H]1ON[C@H](C(=O)NN)[C@@H]1C(=O)N(N)c1ncc(C(F)(F)F)cc1Cl. The maximum absolute atomic E-state index is 12.6. The molecule has 1 fully saturated rings. The summed E-state index contributed by atoms with van der Waals surface area (Å²) in [4.78, 5) is 32.8. The molecule has 1 aromatic rings. The van der Waals surface area contributed by atoms with Crippen LogP contribution in [0.5, 0.6) is 0 Å². The molecule has 25 heavy (non-hydrogen) atoms. The highest BCUT2D eigenvalue weighted by Crippen LogP contribution is 2.33. The lowest BCUT2D eigenvalue weighted by Crippen LogP contribution is -2.53. The fourth-order valence-corrected chi connectivity index (χ4v) is 2.53. The lowest BCUT2D eigenvalue weighted by molar-refractivity contribution is -0.137. The molecule has 1 aliphatic rings. The minimum absolute atomic E-state index is 0.398. The molecule has 0 radical (unpaired) electrons. The first-order valence-electron chi connectivity index (χ1n) is 6.81. The molecule has 0 spiro atoms. The first-order chi connectivity index (χ1) is 11.6. The average Bonchev–Trinajstić information content (AvgIpc) is 2.93. The van der Waals surface area contributed by atoms with E-state index in [4.69, 9.17) is 28.1 Å². The molecule has 0 aliphatic carbocycles. The van der Waals surface area contributed by atoms with E-state index in [9.17, 15) is 22.8 Å². The molecule has 9 nitrogen and oxygen atoms in total. The Morgan fingerprint density at radius 2 is 2.12 bits per heavy atom. The Kier molecular flexibility index (Phi) is 5.49. The van der Waals surface area contributed by atoms with Crippen molar-refractivity contribution in [1.82, 2.24) is 15.9 Å². The minimum atomic E-state index is -4.65. The molecule has 1 saturated heterocycles. The average molecular weight is 383 g/mol. The third-order valence-corrected chi connectivity index (χ3v) is 3.85. The van der Waals surface area contributed by atoms with Crippen LogP contribution in [-0.4, -0.2) is 28.9 Å². The van der Waals surface area contributed by atoms with E-state index in [1.54, 1.807) is 0 Å². The molecular weight excluding hydrogens is 369 g/mol. The summed E-state index contributed by atoms with van der Waals surface area (Å²) in [5, 5.41) is -0.0124. The van der Waals surface area contributed by atoms with Crippen LogP contribution in [0.1, 0.15) is 12.5 Å². The summed E-state index contributed by atoms with van der Waals surface area (Å²) in [6, 6.07) is -0.555. The Bertz CT molecular complexity index is 689. The van der Waals surface area contributed by atoms with Gasteiger partial charge in [-0.15, -0.1) is 0 Å². The molecule has 2 amide bonds. The summed E-state index contributed by atoms with van der Waals surface area (Å²) in [5.41, 5.74) is 3.11. The highest BCUT2D eigenvalue weighted by atomic mass is 35.5. The number of hydrogen-bond acceptors (Lipinski definition) is 7. The molecule has 138 valence electrons. The molecule has 0 aromatic carbocycles. The molecule has 3 atom stereocenters. The van der Waals surface area contributed by atoms with Crippen LogP contribution in [0.4, 0.5) is 19.0 Å². The number of nitrogens with zero attached hydrogens (tertiary/aromatic N) is 2. The summed E-state index contributed by atoms with van der Waals surface area (Å²) in [6.07, 6.45) is -4.93. The van der Waals surface area contributed by atoms with Crippen molar-refractivity contribution in [2.45, 2.75) is 25.2 Å². The van der Waals surface area contributed by atoms with E-state index in [0.717, 1.165) is 0 Å². The molecule has 0 saturated carbocycles. The van der Waals surface area contributed by atoms with Crippen molar-refractivity contribution >= 4 is 29.2 Å². The maximum atomic E-state index is 12.6. The Labute approximate surface area is 144 Å². The molecule has 2 rings (SSSR count). The summed E-state index contributed by atoms with van der Waals surface area (Å²) in [7, 11) is 0. The Balaban J connectivity index is 2.29. The van der Waals surface area contributed by atoms with E-state index in [-0.39, 0.29) is 0 Å². The zero-order valence-electron chi connectivity index (χ0n) is 12.7. The highest BCUT2D eigenvalue weighted by molar-refractivity contribution is 6.33. The Morgan fingerprint density at radius 3 is 2.64 bits per heavy atom. The fraction of sp³-hybridized carbons (Fsp3) is 0.417. The second-order valence-electron chi connectivity index (χ2n) is 5.19. The number of hydrazine groups is 2. The smallest absolute Gasteiger partial charge is 0.297 e. The molecule has 0 bridgehead atoms. The van der Waals surface area contributed by atoms with Crippen LogP contribution in [0.15, 0.2) is 12.3 Å². The normalized spacial score (nSPS) is 23.4. The van der Waals surface area contributed by atoms with E-state index in [2.05, 4.69) is 10.5 Å². The van der Waals surface area contributed by atoms with Crippen LogP contribution in [0, 0.1) is 5.92 Å². The lowest BCUT2D eigenvalue weighted by atomic mass is 9.94. The monoisotopic (exact) mass is 382 g/mol. The molecule has 1 aliphatic heterocycles. The third kappa shape index (κ3) is 3.82. The van der Waals surface area contributed by atoms with Gasteiger partial charge in [-0.1, -0.05) is 11.6 Å². The van der Waals surface area contributed by atoms with Crippen LogP contribution in [0.2, 0.25) is 5.02 Å². The van der Waals surface area contributed by atoms with Crippen molar-refractivity contribution < 1.29 is 27.6 Å². The predicted molar refractivity (Wildman–Crippen MR) is 79.2 cm³/mol. The van der Waals surface area contributed by atoms with Gasteiger partial charge in [0.25, 0.3) is 11.8 Å². The second kappa shape index (κ2) is 7.09. The summed E-state index contributed by atoms with van der Waals surface area (Å²) >= 11 is 5.76. The number of nitrogens with two attached hydrogens (primary N) is 2. The van der Waals surface area contributed by atoms with Crippen LogP contribution in [0.25, 0.3) is 0 Å². The Hall–Kier alpha value is -1.99. The van der Waals surface area contributed by atoms with Crippen molar-refractivity contribution in [3.63, 3.8) is 0 Å². The largest absolute Gasteiger partial charge is 0.417 e. The van der Waals surface area contributed by atoms with Gasteiger partial charge in [0.2, 0.25) is 0 Å². The number of carbonyl (C=O) groups excluding carboxylic acids is 2. The Morgan fingerprint density at radius 1 is 1.48 bits per heavy atom. The van der Waals surface area contributed by atoms with Gasteiger partial charge in [-0.3, -0.25) is 19.9 Å². The zero-order chi connectivity index (χ0) is 18.9. The topological polar surface area (TPSA) is 136 Å². The van der Waals surface area contributed by atoms with Gasteiger partial charge < -0.3 is 0 Å². The standard InChI is InChI=1S/C12H14ClF3N6O3/c1-4-7(8(21-25-4)10(23)20-17)11(24)22(18)9-6(13)2-5(3-19-9)12(14,15)16/h2-4,7-8,21H,17-18H2,1H3,(H,20,23)/t4-,7+,8-/m0/s1. The van der Waals surface area contributed by atoms with Gasteiger partial charge in [-0.2, -0.15) is 18.7 Å². The third-order valence-electron chi connectivity index (χ3n) is 3.57. The van der Waals surface area contributed by atoms with Gasteiger partial charge in [0.15, 0.2) is 5.82 Å². The molecule has 1 aromatic heterocycles. The minimum Gasteiger partial charge on any atom is -0.297 e. The predicted octanol–water partition coefficient (Wildman–Crippen LogP) is -0.141. The van der Waals surface area contributed by atoms with Crippen molar-refractivity contribution in [3.05, 3.63) is 22.8 Å². The number of nitrogens with one attached hydrogen (secondary N) is 2. The summed E-state index contributed by atoms with van der Waals surface area (Å²) in [6.45, 7) is 1.50. The van der Waals surface area contributed by atoms with Crippen LogP contribution >= 0.6 is 11.6 Å². The van der Waals surface area contributed by atoms with Gasteiger partial charge >= 0.3 is 6.18 Å². The number of hydrogen-bond donors (Lipinski definition) is 4. The van der Waals surface area contributed by atoms with Crippen molar-refractivity contribution in [2.75, 3.05) is 5.01 Å². The number of aromatic nitrogens is 1. The van der Waals surface area contributed by atoms with Crippen LogP contribution in [-0.2, 0) is 20.6 Å². The molecule has 13 heteroatoms. The fourth-order valence-electron chi connectivity index (χ4n) is 2.28. The maximum Gasteiger partial charge on any atom is 0.417 e. The number of anilines is 1. The van der Waals surface area contributed by atoms with Crippen molar-refractivity contribution in [2.24, 2.45) is 17.6 Å². The number of carbonyl (C=O) groups is 2.